The van der Waals surface area contributed by atoms with E-state index in [-0.39, 0.29) is 0 Å². The number of aromatic hydroxyl groups is 2. The minimum atomic E-state index is 0.339. The monoisotopic (exact) mass is 1160 g/mol. The van der Waals surface area contributed by atoms with E-state index >= 15 is 0 Å². The Morgan fingerprint density at radius 2 is 0.871 bits per heavy atom. The largest absolute Gasteiger partial charge is 0.508 e. The highest BCUT2D eigenvalue weighted by molar-refractivity contribution is 5.55. The number of likely N-dealkylation sites (tertiary alicyclic amines) is 1. The van der Waals surface area contributed by atoms with E-state index in [0.29, 0.717) is 59.8 Å². The molecule has 13 heteroatoms. The van der Waals surface area contributed by atoms with Crippen LogP contribution in [0.1, 0.15) is 94.1 Å². The summed E-state index contributed by atoms with van der Waals surface area (Å²) >= 11 is 0. The fourth-order valence-electron chi connectivity index (χ4n) is 12.5. The van der Waals surface area contributed by atoms with Crippen molar-refractivity contribution < 1.29 is 19.7 Å². The molecular weight excluding hydrogens is 1050 g/mol. The second kappa shape index (κ2) is 34.8. The fourth-order valence-corrected chi connectivity index (χ4v) is 12.5. The molecule has 4 N–H and O–H groups in total. The SMILES string of the molecule is C=CCN1C[C@@H](C)CC[C@@H]1C.C=CCN1C[C@@H](C)N(c2cccc(OC)c2)C[C@@H]1C.COc1cccc(N2C[C@H](C)NC[C@H]2C)c1.C[C@@H]1CN(CCCc2ccccc2)[C@@H](C)CN1c1cccc(O)c1.C[C@@H]1CN[C@@H](C)CN1c1cccc(O)c1. The number of anilines is 4. The summed E-state index contributed by atoms with van der Waals surface area (Å²) in [7, 11) is 3.43. The molecule has 5 aromatic rings. The Balaban J connectivity index is 0.000000174. The van der Waals surface area contributed by atoms with Crippen LogP contribution < -0.4 is 39.7 Å². The predicted molar refractivity (Wildman–Crippen MR) is 361 cm³/mol. The maximum Gasteiger partial charge on any atom is 0.120 e. The second-order valence-corrected chi connectivity index (χ2v) is 24.9. The molecule has 85 heavy (non-hydrogen) atoms. The third-order valence-electron chi connectivity index (χ3n) is 17.6. The Bertz CT molecular complexity index is 2710. The lowest BCUT2D eigenvalue weighted by Gasteiger charge is -2.45. The molecule has 5 fully saturated rings. The molecule has 0 spiro atoms. The summed E-state index contributed by atoms with van der Waals surface area (Å²) in [4.78, 5) is 17.2. The van der Waals surface area contributed by atoms with Crippen LogP contribution >= 0.6 is 0 Å². The third kappa shape index (κ3) is 21.3. The number of phenols is 2. The molecule has 466 valence electrons. The number of methoxy groups -OCH3 is 2. The van der Waals surface area contributed by atoms with Crippen molar-refractivity contribution in [2.45, 2.75) is 149 Å². The van der Waals surface area contributed by atoms with Crippen molar-refractivity contribution >= 4 is 22.7 Å². The lowest BCUT2D eigenvalue weighted by molar-refractivity contribution is 0.140. The number of nitrogens with one attached hydrogen (secondary N) is 2. The summed E-state index contributed by atoms with van der Waals surface area (Å²) < 4.78 is 10.6. The zero-order valence-electron chi connectivity index (χ0n) is 54.1. The smallest absolute Gasteiger partial charge is 0.120 e. The first-order valence-corrected chi connectivity index (χ1v) is 31.8. The number of hydrogen-bond donors (Lipinski definition) is 4. The Kier molecular flexibility index (Phi) is 27.8. The molecule has 5 aromatic carbocycles. The highest BCUT2D eigenvalue weighted by Crippen LogP contribution is 2.30. The molecule has 0 unspecified atom stereocenters. The van der Waals surface area contributed by atoms with E-state index in [1.54, 1.807) is 26.4 Å². The van der Waals surface area contributed by atoms with E-state index in [2.05, 4.69) is 194 Å². The van der Waals surface area contributed by atoms with E-state index in [1.165, 1.54) is 42.7 Å². The molecule has 0 amide bonds. The Hall–Kier alpha value is -6.22. The van der Waals surface area contributed by atoms with Gasteiger partial charge < -0.3 is 49.9 Å². The second-order valence-electron chi connectivity index (χ2n) is 24.9. The van der Waals surface area contributed by atoms with E-state index < -0.39 is 0 Å². The Morgan fingerprint density at radius 3 is 1.33 bits per heavy atom. The average molecular weight is 1160 g/mol. The van der Waals surface area contributed by atoms with Gasteiger partial charge >= 0.3 is 0 Å². The maximum atomic E-state index is 9.74. The topological polar surface area (TPSA) is 106 Å². The van der Waals surface area contributed by atoms with Crippen LogP contribution in [0.5, 0.6) is 23.0 Å². The minimum Gasteiger partial charge on any atom is -0.508 e. The van der Waals surface area contributed by atoms with Gasteiger partial charge in [-0.3, -0.25) is 14.7 Å². The van der Waals surface area contributed by atoms with Crippen molar-refractivity contribution in [2.75, 3.05) is 112 Å². The highest BCUT2D eigenvalue weighted by atomic mass is 16.5. The lowest BCUT2D eigenvalue weighted by atomic mass is 9.95. The summed E-state index contributed by atoms with van der Waals surface area (Å²) in [6.45, 7) is 43.0. The Labute approximate surface area is 514 Å². The number of nitrogens with zero attached hydrogens (tertiary/aromatic N) is 7. The van der Waals surface area contributed by atoms with Gasteiger partial charge in [0.05, 0.1) is 14.2 Å². The van der Waals surface area contributed by atoms with Gasteiger partial charge in [-0.2, -0.15) is 0 Å². The molecule has 5 saturated heterocycles. The van der Waals surface area contributed by atoms with Crippen LogP contribution in [0.25, 0.3) is 0 Å². The Morgan fingerprint density at radius 1 is 0.447 bits per heavy atom. The number of hydrogen-bond acceptors (Lipinski definition) is 13. The number of benzene rings is 5. The van der Waals surface area contributed by atoms with Gasteiger partial charge in [0.1, 0.15) is 23.0 Å². The molecule has 0 saturated carbocycles. The van der Waals surface area contributed by atoms with E-state index in [1.807, 2.05) is 60.7 Å². The molecule has 0 bridgehead atoms. The van der Waals surface area contributed by atoms with Gasteiger partial charge in [0.2, 0.25) is 0 Å². The van der Waals surface area contributed by atoms with Crippen molar-refractivity contribution in [1.82, 2.24) is 25.3 Å². The van der Waals surface area contributed by atoms with Crippen molar-refractivity contribution in [1.29, 1.82) is 0 Å². The van der Waals surface area contributed by atoms with E-state index in [9.17, 15) is 10.2 Å². The summed E-state index contributed by atoms with van der Waals surface area (Å²) in [6.07, 6.45) is 9.10. The summed E-state index contributed by atoms with van der Waals surface area (Å²) in [5.41, 5.74) is 6.16. The van der Waals surface area contributed by atoms with Crippen LogP contribution in [0.4, 0.5) is 22.7 Å². The van der Waals surface area contributed by atoms with E-state index in [4.69, 9.17) is 9.47 Å². The molecule has 10 atom stereocenters. The van der Waals surface area contributed by atoms with Crippen LogP contribution in [0.3, 0.4) is 0 Å². The molecular formula is C72H109N9O4. The van der Waals surface area contributed by atoms with Gasteiger partial charge in [0.25, 0.3) is 0 Å². The number of piperazine rings is 4. The van der Waals surface area contributed by atoms with Crippen molar-refractivity contribution in [3.63, 3.8) is 0 Å². The number of phenolic OH excluding ortho intramolecular Hbond substituents is 2. The quantitative estimate of drug-likeness (QED) is 0.0794. The van der Waals surface area contributed by atoms with Gasteiger partial charge in [0.15, 0.2) is 0 Å². The van der Waals surface area contributed by atoms with Crippen LogP contribution in [0.15, 0.2) is 153 Å². The molecule has 0 aromatic heterocycles. The van der Waals surface area contributed by atoms with Crippen LogP contribution in [-0.2, 0) is 6.42 Å². The van der Waals surface area contributed by atoms with Crippen molar-refractivity contribution in [2.24, 2.45) is 5.92 Å². The zero-order chi connectivity index (χ0) is 61.4. The zero-order valence-corrected chi connectivity index (χ0v) is 54.1. The normalized spacial score (nSPS) is 25.5. The third-order valence-corrected chi connectivity index (χ3v) is 17.6. The van der Waals surface area contributed by atoms with Crippen LogP contribution in [0, 0.1) is 5.92 Å². The summed E-state index contributed by atoms with van der Waals surface area (Å²) in [5.74, 6) is 3.41. The maximum absolute atomic E-state index is 9.74. The van der Waals surface area contributed by atoms with Gasteiger partial charge in [-0.05, 0) is 155 Å². The molecule has 5 aliphatic rings. The molecule has 5 heterocycles. The van der Waals surface area contributed by atoms with Crippen LogP contribution in [-0.4, -0.2) is 172 Å². The first-order valence-electron chi connectivity index (χ1n) is 31.8. The van der Waals surface area contributed by atoms with Crippen molar-refractivity contribution in [3.8, 4) is 23.0 Å². The molecule has 10 rings (SSSR count). The van der Waals surface area contributed by atoms with Gasteiger partial charge in [-0.1, -0.05) is 73.7 Å². The first-order chi connectivity index (χ1) is 40.9. The summed E-state index contributed by atoms with van der Waals surface area (Å²) in [6, 6.07) is 47.3. The number of rotatable bonds is 14. The lowest BCUT2D eigenvalue weighted by Crippen LogP contribution is -2.56. The number of aryl methyl sites for hydroxylation is 1. The average Bonchev–Trinajstić information content (AvgIpc) is 3.70. The molecule has 13 nitrogen and oxygen atoms in total. The fraction of sp³-hybridized carbons (Fsp3) is 0.528. The number of piperidine rings is 1. The molecule has 0 radical (unpaired) electrons. The predicted octanol–water partition coefficient (Wildman–Crippen LogP) is 12.5. The standard InChI is InChI=1S/C21H28N2O.C16H24N2O.C13H20N2O.C12H18N2O.C10H19N/c1-17-16-23(20-11-6-12-21(24)14-20)18(2)15-22(17)13-7-10-19-8-4-3-5-9-19;1-5-9-17-11-14(3)18(12-13(17)2)15-7-6-8-16(10-15)19-4;1-10-9-15(11(2)8-14-10)12-5-4-6-13(7-12)16-3;1-9-8-14(10(2)7-13-9)11-4-3-5-12(15)6-11;1-4-7-11-8-9(2)5-6-10(11)3/h3-6,8-9,11-12,14,17-18,24H,7,10,13,15-16H2,1-2H3;5-8,10,13-14H,1,9,11-12H2,2-4H3;4-7,10-11,14H,8-9H2,1-3H3;3-6,9-10,13,15H,7-8H2,1-2H3;4,9-10H,1,5-8H2,2-3H3/t17-,18+;13-,14+;10-,11+;9-,10+;9-,10-/m00000/s1. The van der Waals surface area contributed by atoms with Crippen molar-refractivity contribution in [3.05, 3.63) is 158 Å². The molecule has 5 aliphatic heterocycles. The van der Waals surface area contributed by atoms with E-state index in [0.717, 1.165) is 113 Å². The van der Waals surface area contributed by atoms with Gasteiger partial charge in [-0.15, -0.1) is 13.2 Å². The van der Waals surface area contributed by atoms with Crippen LogP contribution in [0.2, 0.25) is 0 Å². The first kappa shape index (κ1) is 67.9. The summed E-state index contributed by atoms with van der Waals surface area (Å²) in [5, 5.41) is 26.1. The molecule has 0 aliphatic carbocycles. The number of ether oxygens (including phenoxy) is 2. The highest BCUT2D eigenvalue weighted by Gasteiger charge is 2.31. The van der Waals surface area contributed by atoms with Gasteiger partial charge in [-0.25, -0.2) is 0 Å². The minimum absolute atomic E-state index is 0.339. The van der Waals surface area contributed by atoms with Gasteiger partial charge in [0, 0.05) is 173 Å².